The Bertz CT molecular complexity index is 656. The fourth-order valence-corrected chi connectivity index (χ4v) is 2.33. The van der Waals surface area contributed by atoms with Crippen molar-refractivity contribution in [3.8, 4) is 0 Å². The van der Waals surface area contributed by atoms with Crippen molar-refractivity contribution in [1.82, 2.24) is 9.78 Å². The van der Waals surface area contributed by atoms with E-state index < -0.39 is 0 Å². The van der Waals surface area contributed by atoms with Gasteiger partial charge in [0.2, 0.25) is 0 Å². The maximum absolute atomic E-state index is 12.1. The van der Waals surface area contributed by atoms with Gasteiger partial charge in [0.15, 0.2) is 5.78 Å². The van der Waals surface area contributed by atoms with E-state index in [0.29, 0.717) is 5.56 Å². The summed E-state index contributed by atoms with van der Waals surface area (Å²) in [6.07, 6.45) is 3.43. The summed E-state index contributed by atoms with van der Waals surface area (Å²) < 4.78 is 2.72. The van der Waals surface area contributed by atoms with E-state index in [4.69, 9.17) is 0 Å². The van der Waals surface area contributed by atoms with Crippen LogP contribution in [0.15, 0.2) is 34.8 Å². The number of aryl methyl sites for hydroxylation is 2. The molecule has 1 aromatic carbocycles. The van der Waals surface area contributed by atoms with Crippen molar-refractivity contribution >= 4 is 27.8 Å². The highest BCUT2D eigenvalue weighted by Gasteiger charge is 2.07. The Labute approximate surface area is 121 Å². The van der Waals surface area contributed by atoms with E-state index in [1.165, 1.54) is 0 Å². The van der Waals surface area contributed by atoms with E-state index in [1.807, 2.05) is 49.9 Å². The normalized spacial score (nSPS) is 11.2. The molecule has 0 aliphatic heterocycles. The number of rotatable bonds is 3. The third-order valence-corrected chi connectivity index (χ3v) is 3.57. The molecule has 3 nitrogen and oxygen atoms in total. The van der Waals surface area contributed by atoms with Crippen LogP contribution in [0, 0.1) is 13.8 Å². The minimum Gasteiger partial charge on any atom is -0.289 e. The zero-order valence-corrected chi connectivity index (χ0v) is 12.7. The van der Waals surface area contributed by atoms with Gasteiger partial charge in [-0.2, -0.15) is 5.10 Å². The van der Waals surface area contributed by atoms with Gasteiger partial charge in [0.05, 0.1) is 5.69 Å². The second-order valence-corrected chi connectivity index (χ2v) is 5.33. The van der Waals surface area contributed by atoms with Gasteiger partial charge in [0.25, 0.3) is 0 Å². The van der Waals surface area contributed by atoms with Gasteiger partial charge in [-0.05, 0) is 38.1 Å². The molecule has 0 amide bonds. The second-order valence-electron chi connectivity index (χ2n) is 4.42. The Morgan fingerprint density at radius 1 is 1.37 bits per heavy atom. The van der Waals surface area contributed by atoms with Crippen molar-refractivity contribution in [2.24, 2.45) is 7.05 Å². The molecule has 0 atom stereocenters. The molecule has 98 valence electrons. The largest absolute Gasteiger partial charge is 0.289 e. The van der Waals surface area contributed by atoms with Gasteiger partial charge >= 0.3 is 0 Å². The van der Waals surface area contributed by atoms with Gasteiger partial charge in [-0.25, -0.2) is 0 Å². The van der Waals surface area contributed by atoms with E-state index in [0.717, 1.165) is 21.4 Å². The van der Waals surface area contributed by atoms with Crippen molar-refractivity contribution in [3.05, 3.63) is 57.3 Å². The fraction of sp³-hybridized carbons (Fsp3) is 0.200. The van der Waals surface area contributed by atoms with Crippen LogP contribution in [0.2, 0.25) is 0 Å². The van der Waals surface area contributed by atoms with Crippen molar-refractivity contribution in [2.45, 2.75) is 13.8 Å². The molecule has 0 fully saturated rings. The Morgan fingerprint density at radius 2 is 2.11 bits per heavy atom. The monoisotopic (exact) mass is 318 g/mol. The molecule has 0 bridgehead atoms. The lowest BCUT2D eigenvalue weighted by molar-refractivity contribution is 0.104. The molecule has 2 aromatic rings. The van der Waals surface area contributed by atoms with Gasteiger partial charge in [-0.15, -0.1) is 0 Å². The van der Waals surface area contributed by atoms with Gasteiger partial charge in [0.1, 0.15) is 0 Å². The first kappa shape index (κ1) is 13.7. The van der Waals surface area contributed by atoms with Crippen LogP contribution in [0.5, 0.6) is 0 Å². The molecule has 0 radical (unpaired) electrons. The molecule has 0 saturated carbocycles. The number of carbonyl (C=O) groups is 1. The predicted molar refractivity (Wildman–Crippen MR) is 80.2 cm³/mol. The molecule has 0 saturated heterocycles. The number of halogens is 1. The first-order chi connectivity index (χ1) is 8.99. The second kappa shape index (κ2) is 5.53. The Kier molecular flexibility index (Phi) is 4.00. The Hall–Kier alpha value is -1.68. The van der Waals surface area contributed by atoms with Crippen LogP contribution in [0.3, 0.4) is 0 Å². The number of carbonyl (C=O) groups excluding carboxylic acids is 1. The average Bonchev–Trinajstić information content (AvgIpc) is 2.61. The van der Waals surface area contributed by atoms with Crippen LogP contribution in [0.4, 0.5) is 0 Å². The molecule has 0 aliphatic rings. The molecule has 2 rings (SSSR count). The standard InChI is InChI=1S/C15H15BrN2O/c1-10-14(11(2)18(3)17-10)7-8-15(19)12-5-4-6-13(16)9-12/h4-9H,1-3H3. The first-order valence-corrected chi connectivity index (χ1v) is 6.76. The van der Waals surface area contributed by atoms with E-state index in [2.05, 4.69) is 21.0 Å². The number of ketones is 1. The SMILES string of the molecule is Cc1nn(C)c(C)c1C=CC(=O)c1cccc(Br)c1. The highest BCUT2D eigenvalue weighted by atomic mass is 79.9. The van der Waals surface area contributed by atoms with Crippen LogP contribution in [0.25, 0.3) is 6.08 Å². The maximum Gasteiger partial charge on any atom is 0.185 e. The molecule has 0 unspecified atom stereocenters. The molecule has 0 N–H and O–H groups in total. The molecule has 0 spiro atoms. The molecular formula is C15H15BrN2O. The summed E-state index contributed by atoms with van der Waals surface area (Å²) in [5.41, 5.74) is 3.66. The summed E-state index contributed by atoms with van der Waals surface area (Å²) >= 11 is 3.36. The van der Waals surface area contributed by atoms with Gasteiger partial charge in [-0.1, -0.05) is 28.1 Å². The quantitative estimate of drug-likeness (QED) is 0.639. The third kappa shape index (κ3) is 3.01. The topological polar surface area (TPSA) is 34.9 Å². The van der Waals surface area contributed by atoms with E-state index in [1.54, 1.807) is 12.1 Å². The van der Waals surface area contributed by atoms with E-state index in [9.17, 15) is 4.79 Å². The lowest BCUT2D eigenvalue weighted by Gasteiger charge is -1.97. The van der Waals surface area contributed by atoms with Crippen LogP contribution < -0.4 is 0 Å². The zero-order valence-electron chi connectivity index (χ0n) is 11.1. The number of benzene rings is 1. The molecule has 19 heavy (non-hydrogen) atoms. The molecule has 0 aliphatic carbocycles. The highest BCUT2D eigenvalue weighted by molar-refractivity contribution is 9.10. The average molecular weight is 319 g/mol. The minimum atomic E-state index is -0.0102. The number of nitrogens with zero attached hydrogens (tertiary/aromatic N) is 2. The summed E-state index contributed by atoms with van der Waals surface area (Å²) in [6.45, 7) is 3.93. The van der Waals surface area contributed by atoms with E-state index in [-0.39, 0.29) is 5.78 Å². The van der Waals surface area contributed by atoms with Crippen molar-refractivity contribution in [2.75, 3.05) is 0 Å². The molecule has 1 heterocycles. The number of hydrogen-bond donors (Lipinski definition) is 0. The van der Waals surface area contributed by atoms with Crippen LogP contribution >= 0.6 is 15.9 Å². The highest BCUT2D eigenvalue weighted by Crippen LogP contribution is 2.16. The molecule has 1 aromatic heterocycles. The van der Waals surface area contributed by atoms with E-state index >= 15 is 0 Å². The lowest BCUT2D eigenvalue weighted by Crippen LogP contribution is -1.94. The van der Waals surface area contributed by atoms with Gasteiger partial charge in [0, 0.05) is 28.3 Å². The Balaban J connectivity index is 2.26. The fourth-order valence-electron chi connectivity index (χ4n) is 1.93. The van der Waals surface area contributed by atoms with Gasteiger partial charge in [-0.3, -0.25) is 9.48 Å². The maximum atomic E-state index is 12.1. The number of hydrogen-bond acceptors (Lipinski definition) is 2. The van der Waals surface area contributed by atoms with Crippen LogP contribution in [-0.4, -0.2) is 15.6 Å². The molecular weight excluding hydrogens is 304 g/mol. The van der Waals surface area contributed by atoms with Crippen LogP contribution in [0.1, 0.15) is 27.3 Å². The van der Waals surface area contributed by atoms with Gasteiger partial charge < -0.3 is 0 Å². The van der Waals surface area contributed by atoms with Crippen molar-refractivity contribution in [1.29, 1.82) is 0 Å². The third-order valence-electron chi connectivity index (χ3n) is 3.08. The first-order valence-electron chi connectivity index (χ1n) is 5.97. The van der Waals surface area contributed by atoms with Crippen LogP contribution in [-0.2, 0) is 7.05 Å². The Morgan fingerprint density at radius 3 is 2.68 bits per heavy atom. The predicted octanol–water partition coefficient (Wildman–Crippen LogP) is 3.70. The number of aromatic nitrogens is 2. The zero-order chi connectivity index (χ0) is 14.0. The lowest BCUT2D eigenvalue weighted by atomic mass is 10.1. The summed E-state index contributed by atoms with van der Waals surface area (Å²) in [4.78, 5) is 12.1. The van der Waals surface area contributed by atoms with Crippen molar-refractivity contribution < 1.29 is 4.79 Å². The smallest absolute Gasteiger partial charge is 0.185 e. The summed E-state index contributed by atoms with van der Waals surface area (Å²) in [6, 6.07) is 7.37. The number of allylic oxidation sites excluding steroid dienone is 1. The summed E-state index contributed by atoms with van der Waals surface area (Å²) in [7, 11) is 1.90. The minimum absolute atomic E-state index is 0.0102. The van der Waals surface area contributed by atoms with Crippen molar-refractivity contribution in [3.63, 3.8) is 0 Å². The summed E-state index contributed by atoms with van der Waals surface area (Å²) in [5, 5.41) is 4.32. The summed E-state index contributed by atoms with van der Waals surface area (Å²) in [5.74, 6) is -0.0102. The molecule has 4 heteroatoms.